The Morgan fingerprint density at radius 1 is 1.18 bits per heavy atom. The van der Waals surface area contributed by atoms with E-state index in [9.17, 15) is 4.79 Å². The molecule has 0 unspecified atom stereocenters. The second kappa shape index (κ2) is 5.59. The quantitative estimate of drug-likeness (QED) is 0.854. The van der Waals surface area contributed by atoms with Crippen LogP contribution in [-0.2, 0) is 6.42 Å². The number of carbonyl (C=O) groups is 1. The van der Waals surface area contributed by atoms with Crippen molar-refractivity contribution in [3.63, 3.8) is 0 Å². The molecule has 0 spiro atoms. The van der Waals surface area contributed by atoms with Crippen LogP contribution >= 0.6 is 0 Å². The van der Waals surface area contributed by atoms with Gasteiger partial charge in [-0.1, -0.05) is 6.07 Å². The molecule has 4 rings (SSSR count). The average molecular weight is 295 g/mol. The lowest BCUT2D eigenvalue weighted by atomic mass is 9.86. The van der Waals surface area contributed by atoms with Crippen molar-refractivity contribution in [3.05, 3.63) is 53.6 Å². The van der Waals surface area contributed by atoms with Crippen molar-refractivity contribution in [2.24, 2.45) is 0 Å². The molecular weight excluding hydrogens is 274 g/mol. The van der Waals surface area contributed by atoms with Gasteiger partial charge in [0, 0.05) is 31.0 Å². The lowest BCUT2D eigenvalue weighted by molar-refractivity contribution is 0.0792. The Kier molecular flexibility index (Phi) is 3.45. The average Bonchev–Trinajstić information content (AvgIpc) is 3.26. The number of carbonyl (C=O) groups excluding carboxylic acids is 1. The molecule has 1 aliphatic heterocycles. The number of imidazole rings is 1. The van der Waals surface area contributed by atoms with Crippen molar-refractivity contribution in [2.75, 3.05) is 13.1 Å². The number of benzene rings is 1. The first-order valence-corrected chi connectivity index (χ1v) is 8.22. The number of hydrogen-bond donors (Lipinski definition) is 0. The molecule has 1 amide bonds. The van der Waals surface area contributed by atoms with Gasteiger partial charge in [0.1, 0.15) is 0 Å². The minimum Gasteiger partial charge on any atom is -0.339 e. The van der Waals surface area contributed by atoms with E-state index < -0.39 is 0 Å². The number of nitrogens with zero attached hydrogens (tertiary/aromatic N) is 3. The second-order valence-corrected chi connectivity index (χ2v) is 6.33. The normalized spacial score (nSPS) is 20.9. The molecule has 2 heterocycles. The van der Waals surface area contributed by atoms with Gasteiger partial charge >= 0.3 is 0 Å². The molecule has 0 bridgehead atoms. The van der Waals surface area contributed by atoms with Crippen LogP contribution in [-0.4, -0.2) is 33.4 Å². The molecule has 1 atom stereocenters. The molecule has 1 aliphatic carbocycles. The Hall–Kier alpha value is -2.10. The smallest absolute Gasteiger partial charge is 0.253 e. The molecular formula is C18H21N3O. The first-order valence-electron chi connectivity index (χ1n) is 8.22. The van der Waals surface area contributed by atoms with Crippen LogP contribution in [0.2, 0.25) is 0 Å². The van der Waals surface area contributed by atoms with Crippen LogP contribution in [0.4, 0.5) is 0 Å². The zero-order chi connectivity index (χ0) is 14.9. The second-order valence-electron chi connectivity index (χ2n) is 6.33. The van der Waals surface area contributed by atoms with E-state index >= 15 is 0 Å². The lowest BCUT2D eigenvalue weighted by Crippen LogP contribution is -2.28. The van der Waals surface area contributed by atoms with Gasteiger partial charge in [-0.3, -0.25) is 4.79 Å². The molecule has 4 nitrogen and oxygen atoms in total. The van der Waals surface area contributed by atoms with Gasteiger partial charge in [0.05, 0.1) is 12.4 Å². The van der Waals surface area contributed by atoms with Gasteiger partial charge in [-0.2, -0.15) is 0 Å². The summed E-state index contributed by atoms with van der Waals surface area (Å²) in [6.45, 7) is 1.81. The molecule has 0 radical (unpaired) electrons. The maximum Gasteiger partial charge on any atom is 0.253 e. The van der Waals surface area contributed by atoms with E-state index in [0.29, 0.717) is 6.04 Å². The van der Waals surface area contributed by atoms with E-state index in [1.54, 1.807) is 0 Å². The molecule has 0 saturated carbocycles. The first kappa shape index (κ1) is 13.6. The number of fused-ring (bicyclic) bond motifs is 1. The molecule has 2 aliphatic rings. The fourth-order valence-corrected chi connectivity index (χ4v) is 3.77. The summed E-state index contributed by atoms with van der Waals surface area (Å²) in [5.41, 5.74) is 3.52. The number of aromatic nitrogens is 2. The van der Waals surface area contributed by atoms with Gasteiger partial charge in [-0.25, -0.2) is 4.98 Å². The Bertz CT molecular complexity index is 672. The molecule has 0 N–H and O–H groups in total. The zero-order valence-electron chi connectivity index (χ0n) is 12.7. The van der Waals surface area contributed by atoms with E-state index in [1.807, 2.05) is 29.7 Å². The Morgan fingerprint density at radius 3 is 2.82 bits per heavy atom. The summed E-state index contributed by atoms with van der Waals surface area (Å²) in [6, 6.07) is 6.61. The van der Waals surface area contributed by atoms with Crippen molar-refractivity contribution in [3.8, 4) is 0 Å². The fraction of sp³-hybridized carbons (Fsp3) is 0.444. The highest BCUT2D eigenvalue weighted by atomic mass is 16.2. The predicted octanol–water partition coefficient (Wildman–Crippen LogP) is 3.04. The maximum absolute atomic E-state index is 12.6. The number of aryl methyl sites for hydroxylation is 1. The van der Waals surface area contributed by atoms with Crippen LogP contribution in [0.3, 0.4) is 0 Å². The fourth-order valence-electron chi connectivity index (χ4n) is 3.77. The summed E-state index contributed by atoms with van der Waals surface area (Å²) in [5.74, 6) is 0.190. The van der Waals surface area contributed by atoms with E-state index in [0.717, 1.165) is 44.3 Å². The van der Waals surface area contributed by atoms with Crippen LogP contribution < -0.4 is 0 Å². The number of amides is 1. The van der Waals surface area contributed by atoms with Crippen LogP contribution in [0.25, 0.3) is 0 Å². The van der Waals surface area contributed by atoms with Gasteiger partial charge in [-0.05, 0) is 55.4 Å². The van der Waals surface area contributed by atoms with E-state index in [4.69, 9.17) is 0 Å². The summed E-state index contributed by atoms with van der Waals surface area (Å²) < 4.78 is 2.17. The first-order chi connectivity index (χ1) is 10.8. The standard InChI is InChI=1S/C18H21N3O/c22-18(20-9-1-2-10-20)15-7-6-14-4-3-5-17(16(14)12-15)21-11-8-19-13-21/h6-8,11-13,17H,1-5,9-10H2/t17-/m0/s1. The van der Waals surface area contributed by atoms with E-state index in [-0.39, 0.29) is 5.91 Å². The number of rotatable bonds is 2. The summed E-state index contributed by atoms with van der Waals surface area (Å²) in [4.78, 5) is 18.8. The largest absolute Gasteiger partial charge is 0.339 e. The van der Waals surface area contributed by atoms with Crippen LogP contribution in [0, 0.1) is 0 Å². The molecule has 1 saturated heterocycles. The van der Waals surface area contributed by atoms with Crippen molar-refractivity contribution < 1.29 is 4.79 Å². The van der Waals surface area contributed by atoms with Gasteiger partial charge in [0.2, 0.25) is 0 Å². The maximum atomic E-state index is 12.6. The summed E-state index contributed by atoms with van der Waals surface area (Å²) >= 11 is 0. The minimum atomic E-state index is 0.190. The summed E-state index contributed by atoms with van der Waals surface area (Å²) in [6.07, 6.45) is 11.4. The molecule has 22 heavy (non-hydrogen) atoms. The molecule has 1 aromatic heterocycles. The van der Waals surface area contributed by atoms with Crippen LogP contribution in [0.1, 0.15) is 53.2 Å². The van der Waals surface area contributed by atoms with Crippen molar-refractivity contribution >= 4 is 5.91 Å². The van der Waals surface area contributed by atoms with Gasteiger partial charge in [-0.15, -0.1) is 0 Å². The number of likely N-dealkylation sites (tertiary alicyclic amines) is 1. The van der Waals surface area contributed by atoms with Crippen molar-refractivity contribution in [1.29, 1.82) is 0 Å². The van der Waals surface area contributed by atoms with Gasteiger partial charge in [0.25, 0.3) is 5.91 Å². The summed E-state index contributed by atoms with van der Waals surface area (Å²) in [7, 11) is 0. The highest BCUT2D eigenvalue weighted by Gasteiger charge is 2.25. The third-order valence-corrected chi connectivity index (χ3v) is 4.95. The molecule has 2 aromatic rings. The van der Waals surface area contributed by atoms with Crippen LogP contribution in [0.5, 0.6) is 0 Å². The Morgan fingerprint density at radius 2 is 2.05 bits per heavy atom. The Balaban J connectivity index is 1.69. The van der Waals surface area contributed by atoms with Crippen LogP contribution in [0.15, 0.2) is 36.9 Å². The van der Waals surface area contributed by atoms with E-state index in [2.05, 4.69) is 21.7 Å². The number of hydrogen-bond acceptors (Lipinski definition) is 2. The highest BCUT2D eigenvalue weighted by Crippen LogP contribution is 2.33. The third-order valence-electron chi connectivity index (χ3n) is 4.95. The Labute approximate surface area is 130 Å². The molecule has 1 aromatic carbocycles. The predicted molar refractivity (Wildman–Crippen MR) is 84.9 cm³/mol. The topological polar surface area (TPSA) is 38.1 Å². The SMILES string of the molecule is O=C(c1ccc2c(c1)[C@@H](n1ccnc1)CCC2)N1CCCC1. The third kappa shape index (κ3) is 2.32. The van der Waals surface area contributed by atoms with Crippen molar-refractivity contribution in [2.45, 2.75) is 38.1 Å². The molecule has 4 heteroatoms. The minimum absolute atomic E-state index is 0.190. The lowest BCUT2D eigenvalue weighted by Gasteiger charge is -2.27. The van der Waals surface area contributed by atoms with E-state index in [1.165, 1.54) is 17.5 Å². The van der Waals surface area contributed by atoms with Crippen molar-refractivity contribution in [1.82, 2.24) is 14.5 Å². The monoisotopic (exact) mass is 295 g/mol. The van der Waals surface area contributed by atoms with Gasteiger partial charge in [0.15, 0.2) is 0 Å². The zero-order valence-corrected chi connectivity index (χ0v) is 12.7. The highest BCUT2D eigenvalue weighted by molar-refractivity contribution is 5.94. The molecule has 1 fully saturated rings. The summed E-state index contributed by atoms with van der Waals surface area (Å²) in [5, 5.41) is 0. The van der Waals surface area contributed by atoms with Gasteiger partial charge < -0.3 is 9.47 Å². The molecule has 114 valence electrons.